The van der Waals surface area contributed by atoms with E-state index in [-0.39, 0.29) is 35.2 Å². The minimum atomic E-state index is -0.391. The highest BCUT2D eigenvalue weighted by Gasteiger charge is 2.19. The van der Waals surface area contributed by atoms with Crippen molar-refractivity contribution in [3.8, 4) is 28.6 Å². The Hall–Kier alpha value is -4.86. The van der Waals surface area contributed by atoms with Gasteiger partial charge in [-0.15, -0.1) is 0 Å². The van der Waals surface area contributed by atoms with Gasteiger partial charge in [-0.2, -0.15) is 4.98 Å². The number of fused-ring (bicyclic) bond motifs is 1. The summed E-state index contributed by atoms with van der Waals surface area (Å²) in [6, 6.07) is 16.4. The third-order valence-corrected chi connectivity index (χ3v) is 5.76. The maximum atomic E-state index is 13.3. The number of hydrogen-bond acceptors (Lipinski definition) is 7. The summed E-state index contributed by atoms with van der Waals surface area (Å²) in [6.45, 7) is 2.01. The first kappa shape index (κ1) is 23.9. The van der Waals surface area contributed by atoms with Gasteiger partial charge in [0.1, 0.15) is 29.3 Å². The zero-order chi connectivity index (χ0) is 25.9. The van der Waals surface area contributed by atoms with Crippen molar-refractivity contribution in [3.05, 3.63) is 94.2 Å². The van der Waals surface area contributed by atoms with Crippen LogP contribution in [-0.2, 0) is 17.9 Å². The van der Waals surface area contributed by atoms with Crippen LogP contribution in [0.15, 0.2) is 76.2 Å². The number of aryl methyl sites for hydroxylation is 1. The van der Waals surface area contributed by atoms with Gasteiger partial charge in [-0.1, -0.05) is 17.3 Å². The van der Waals surface area contributed by atoms with Crippen molar-refractivity contribution in [3.63, 3.8) is 0 Å². The molecule has 0 saturated carbocycles. The minimum absolute atomic E-state index is 0.0164. The highest BCUT2D eigenvalue weighted by molar-refractivity contribution is 5.83. The molecule has 0 spiro atoms. The van der Waals surface area contributed by atoms with E-state index >= 15 is 0 Å². The number of carbonyl (C=O) groups is 1. The van der Waals surface area contributed by atoms with Gasteiger partial charge in [0, 0.05) is 24.0 Å². The van der Waals surface area contributed by atoms with E-state index in [1.807, 2.05) is 24.3 Å². The number of methoxy groups -OCH3 is 1. The van der Waals surface area contributed by atoms with Crippen LogP contribution in [0, 0.1) is 12.7 Å². The van der Waals surface area contributed by atoms with Crippen LogP contribution in [-0.4, -0.2) is 32.7 Å². The first-order valence-electron chi connectivity index (χ1n) is 11.4. The summed E-state index contributed by atoms with van der Waals surface area (Å²) in [5.74, 6) is 0.218. The molecule has 10 heteroatoms. The van der Waals surface area contributed by atoms with E-state index < -0.39 is 5.82 Å². The van der Waals surface area contributed by atoms with Crippen molar-refractivity contribution in [2.24, 2.45) is 0 Å². The van der Waals surface area contributed by atoms with Crippen molar-refractivity contribution >= 4 is 16.9 Å². The summed E-state index contributed by atoms with van der Waals surface area (Å²) in [5, 5.41) is 7.12. The van der Waals surface area contributed by atoms with Crippen LogP contribution in [0.3, 0.4) is 0 Å². The van der Waals surface area contributed by atoms with E-state index in [4.69, 9.17) is 9.26 Å². The van der Waals surface area contributed by atoms with Crippen LogP contribution in [0.1, 0.15) is 11.3 Å². The fourth-order valence-corrected chi connectivity index (χ4v) is 3.88. The van der Waals surface area contributed by atoms with Crippen molar-refractivity contribution in [2.75, 3.05) is 7.11 Å². The molecule has 186 valence electrons. The topological polar surface area (TPSA) is 112 Å². The maximum Gasteiger partial charge on any atom is 0.263 e. The highest BCUT2D eigenvalue weighted by atomic mass is 19.1. The van der Waals surface area contributed by atoms with E-state index in [2.05, 4.69) is 20.4 Å². The Labute approximate surface area is 210 Å². The molecule has 37 heavy (non-hydrogen) atoms. The lowest BCUT2D eigenvalue weighted by Gasteiger charge is -2.13. The zero-order valence-corrected chi connectivity index (χ0v) is 20.1. The number of pyridine rings is 2. The van der Waals surface area contributed by atoms with Crippen LogP contribution in [0.25, 0.3) is 33.9 Å². The van der Waals surface area contributed by atoms with E-state index in [1.54, 1.807) is 30.7 Å². The second-order valence-electron chi connectivity index (χ2n) is 8.38. The first-order valence-corrected chi connectivity index (χ1v) is 11.4. The number of benzene rings is 2. The van der Waals surface area contributed by atoms with Gasteiger partial charge in [-0.05, 0) is 61.0 Å². The molecule has 5 rings (SSSR count). The molecule has 3 heterocycles. The SMILES string of the molecule is COc1cccc(CNC(=O)Cn2cc(-c3nc(-c4ccc(F)cc4)no3)c(=O)c3ccc(C)nc32)c1. The van der Waals surface area contributed by atoms with Gasteiger partial charge in [0.15, 0.2) is 0 Å². The van der Waals surface area contributed by atoms with Crippen LogP contribution in [0.5, 0.6) is 5.75 Å². The lowest BCUT2D eigenvalue weighted by Crippen LogP contribution is -2.28. The summed E-state index contributed by atoms with van der Waals surface area (Å²) in [7, 11) is 1.58. The summed E-state index contributed by atoms with van der Waals surface area (Å²) >= 11 is 0. The molecule has 0 atom stereocenters. The fourth-order valence-electron chi connectivity index (χ4n) is 3.88. The molecular formula is C27H22FN5O4. The van der Waals surface area contributed by atoms with Gasteiger partial charge < -0.3 is 19.1 Å². The van der Waals surface area contributed by atoms with Crippen LogP contribution in [0.2, 0.25) is 0 Å². The number of hydrogen-bond donors (Lipinski definition) is 1. The molecule has 1 N–H and O–H groups in total. The molecule has 0 aliphatic carbocycles. The predicted octanol–water partition coefficient (Wildman–Crippen LogP) is 3.89. The molecular weight excluding hydrogens is 477 g/mol. The van der Waals surface area contributed by atoms with Crippen LogP contribution < -0.4 is 15.5 Å². The molecule has 1 amide bonds. The molecule has 3 aromatic heterocycles. The first-order chi connectivity index (χ1) is 17.9. The highest BCUT2D eigenvalue weighted by Crippen LogP contribution is 2.22. The molecule has 0 radical (unpaired) electrons. The molecule has 9 nitrogen and oxygen atoms in total. The number of nitrogens with one attached hydrogen (secondary N) is 1. The standard InChI is InChI=1S/C27H22FN5O4/c1-16-6-11-21-24(35)22(27-31-25(32-37-27)18-7-9-19(28)10-8-18)14-33(26(21)30-16)15-23(34)29-13-17-4-3-5-20(12-17)36-2/h3-12,14H,13,15H2,1-2H3,(H,29,34). The van der Waals surface area contributed by atoms with E-state index in [9.17, 15) is 14.0 Å². The van der Waals surface area contributed by atoms with E-state index in [0.29, 0.717) is 34.6 Å². The Morgan fingerprint density at radius 2 is 1.92 bits per heavy atom. The molecule has 0 unspecified atom stereocenters. The fraction of sp³-hybridized carbons (Fsp3) is 0.148. The average Bonchev–Trinajstić information content (AvgIpc) is 3.39. The summed E-state index contributed by atoms with van der Waals surface area (Å²) in [4.78, 5) is 35.0. The number of nitrogens with zero attached hydrogens (tertiary/aromatic N) is 4. The number of ether oxygens (including phenoxy) is 1. The summed E-state index contributed by atoms with van der Waals surface area (Å²) in [5.41, 5.74) is 2.24. The lowest BCUT2D eigenvalue weighted by atomic mass is 10.1. The van der Waals surface area contributed by atoms with Gasteiger partial charge in [-0.3, -0.25) is 9.59 Å². The zero-order valence-electron chi connectivity index (χ0n) is 20.1. The Morgan fingerprint density at radius 1 is 1.11 bits per heavy atom. The molecule has 5 aromatic rings. The van der Waals surface area contributed by atoms with Gasteiger partial charge in [-0.25, -0.2) is 9.37 Å². The number of aromatic nitrogens is 4. The number of amides is 1. The molecule has 2 aromatic carbocycles. The van der Waals surface area contributed by atoms with Gasteiger partial charge in [0.05, 0.1) is 12.5 Å². The van der Waals surface area contributed by atoms with E-state index in [1.165, 1.54) is 30.5 Å². The Morgan fingerprint density at radius 3 is 2.70 bits per heavy atom. The molecule has 0 aliphatic rings. The predicted molar refractivity (Wildman–Crippen MR) is 134 cm³/mol. The third kappa shape index (κ3) is 5.08. The quantitative estimate of drug-likeness (QED) is 0.362. The van der Waals surface area contributed by atoms with Crippen molar-refractivity contribution < 1.29 is 18.4 Å². The van der Waals surface area contributed by atoms with Crippen molar-refractivity contribution in [1.29, 1.82) is 0 Å². The summed E-state index contributed by atoms with van der Waals surface area (Å²) in [6.07, 6.45) is 1.49. The smallest absolute Gasteiger partial charge is 0.263 e. The van der Waals surface area contributed by atoms with E-state index in [0.717, 1.165) is 5.56 Å². The number of rotatable bonds is 7. The average molecular weight is 500 g/mol. The Kier molecular flexibility index (Phi) is 6.46. The monoisotopic (exact) mass is 499 g/mol. The lowest BCUT2D eigenvalue weighted by molar-refractivity contribution is -0.121. The second kappa shape index (κ2) is 10.0. The van der Waals surface area contributed by atoms with Crippen molar-refractivity contribution in [1.82, 2.24) is 25.0 Å². The maximum absolute atomic E-state index is 13.3. The third-order valence-electron chi connectivity index (χ3n) is 5.76. The minimum Gasteiger partial charge on any atom is -0.497 e. The van der Waals surface area contributed by atoms with Crippen LogP contribution in [0.4, 0.5) is 4.39 Å². The molecule has 0 saturated heterocycles. The number of carbonyl (C=O) groups excluding carboxylic acids is 1. The summed E-state index contributed by atoms with van der Waals surface area (Å²) < 4.78 is 25.5. The van der Waals surface area contributed by atoms with Gasteiger partial charge >= 0.3 is 0 Å². The molecule has 0 aliphatic heterocycles. The largest absolute Gasteiger partial charge is 0.497 e. The second-order valence-corrected chi connectivity index (χ2v) is 8.38. The molecule has 0 bridgehead atoms. The molecule has 0 fully saturated rings. The van der Waals surface area contributed by atoms with Gasteiger partial charge in [0.2, 0.25) is 17.2 Å². The number of halogens is 1. The normalized spacial score (nSPS) is 11.0. The Balaban J connectivity index is 1.47. The van der Waals surface area contributed by atoms with Crippen LogP contribution >= 0.6 is 0 Å². The Bertz CT molecular complexity index is 1660. The van der Waals surface area contributed by atoms with Crippen molar-refractivity contribution in [2.45, 2.75) is 20.0 Å². The van der Waals surface area contributed by atoms with Gasteiger partial charge in [0.25, 0.3) is 5.89 Å².